The van der Waals surface area contributed by atoms with Gasteiger partial charge in [-0.2, -0.15) is 0 Å². The van der Waals surface area contributed by atoms with Crippen molar-refractivity contribution in [3.63, 3.8) is 0 Å². The standard InChI is InChI=1S/C14H28N2O/c1-10(2)5-6-12(4)16-14(17)13-9-11(3)7-8-15-13/h10-13,15H,5-9H2,1-4H3,(H,16,17). The molecule has 0 aromatic carbocycles. The highest BCUT2D eigenvalue weighted by molar-refractivity contribution is 5.82. The van der Waals surface area contributed by atoms with E-state index in [1.807, 2.05) is 0 Å². The first-order chi connectivity index (χ1) is 7.99. The number of nitrogens with one attached hydrogen (secondary N) is 2. The van der Waals surface area contributed by atoms with Crippen molar-refractivity contribution in [3.05, 3.63) is 0 Å². The van der Waals surface area contributed by atoms with Gasteiger partial charge in [-0.05, 0) is 51.0 Å². The van der Waals surface area contributed by atoms with Gasteiger partial charge in [0.2, 0.25) is 5.91 Å². The number of amides is 1. The zero-order chi connectivity index (χ0) is 12.8. The van der Waals surface area contributed by atoms with Crippen molar-refractivity contribution in [1.82, 2.24) is 10.6 Å². The fourth-order valence-electron chi connectivity index (χ4n) is 2.31. The highest BCUT2D eigenvalue weighted by Gasteiger charge is 2.25. The second kappa shape index (κ2) is 7.00. The molecule has 2 N–H and O–H groups in total. The molecule has 1 heterocycles. The molecule has 17 heavy (non-hydrogen) atoms. The van der Waals surface area contributed by atoms with E-state index < -0.39 is 0 Å². The number of piperidine rings is 1. The van der Waals surface area contributed by atoms with Crippen LogP contribution in [0.2, 0.25) is 0 Å². The summed E-state index contributed by atoms with van der Waals surface area (Å²) in [5, 5.41) is 6.43. The average molecular weight is 240 g/mol. The summed E-state index contributed by atoms with van der Waals surface area (Å²) in [5.41, 5.74) is 0. The Morgan fingerprint density at radius 1 is 1.35 bits per heavy atom. The third-order valence-electron chi connectivity index (χ3n) is 3.55. The SMILES string of the molecule is CC(C)CCC(C)NC(=O)C1CC(C)CCN1. The topological polar surface area (TPSA) is 41.1 Å². The summed E-state index contributed by atoms with van der Waals surface area (Å²) >= 11 is 0. The third-order valence-corrected chi connectivity index (χ3v) is 3.55. The summed E-state index contributed by atoms with van der Waals surface area (Å²) < 4.78 is 0. The third kappa shape index (κ3) is 5.53. The van der Waals surface area contributed by atoms with Gasteiger partial charge in [0.1, 0.15) is 0 Å². The van der Waals surface area contributed by atoms with Crippen molar-refractivity contribution in [3.8, 4) is 0 Å². The molecule has 1 aliphatic rings. The Balaban J connectivity index is 2.27. The molecule has 0 aromatic heterocycles. The van der Waals surface area contributed by atoms with E-state index in [1.165, 1.54) is 12.8 Å². The maximum Gasteiger partial charge on any atom is 0.237 e. The average Bonchev–Trinajstić information content (AvgIpc) is 2.26. The van der Waals surface area contributed by atoms with Gasteiger partial charge in [-0.3, -0.25) is 4.79 Å². The Morgan fingerprint density at radius 2 is 2.06 bits per heavy atom. The molecule has 3 atom stereocenters. The second-order valence-corrected chi connectivity index (χ2v) is 6.02. The number of carbonyl (C=O) groups is 1. The maximum absolute atomic E-state index is 12.0. The van der Waals surface area contributed by atoms with Gasteiger partial charge in [-0.15, -0.1) is 0 Å². The summed E-state index contributed by atoms with van der Waals surface area (Å²) in [6.45, 7) is 9.74. The predicted molar refractivity (Wildman–Crippen MR) is 71.9 cm³/mol. The summed E-state index contributed by atoms with van der Waals surface area (Å²) in [6.07, 6.45) is 4.41. The molecule has 1 saturated heterocycles. The van der Waals surface area contributed by atoms with E-state index in [4.69, 9.17) is 0 Å². The Bertz CT molecular complexity index is 240. The van der Waals surface area contributed by atoms with Gasteiger partial charge >= 0.3 is 0 Å². The van der Waals surface area contributed by atoms with E-state index in [0.717, 1.165) is 19.4 Å². The van der Waals surface area contributed by atoms with E-state index in [-0.39, 0.29) is 11.9 Å². The van der Waals surface area contributed by atoms with Crippen LogP contribution in [0.5, 0.6) is 0 Å². The number of hydrogen-bond donors (Lipinski definition) is 2. The molecule has 1 amide bonds. The molecule has 3 nitrogen and oxygen atoms in total. The fourth-order valence-corrected chi connectivity index (χ4v) is 2.31. The normalized spacial score (nSPS) is 26.9. The van der Waals surface area contributed by atoms with Gasteiger partial charge in [0, 0.05) is 6.04 Å². The number of hydrogen-bond acceptors (Lipinski definition) is 2. The molecule has 100 valence electrons. The lowest BCUT2D eigenvalue weighted by atomic mass is 9.93. The highest BCUT2D eigenvalue weighted by atomic mass is 16.2. The van der Waals surface area contributed by atoms with E-state index in [0.29, 0.717) is 17.9 Å². The van der Waals surface area contributed by atoms with E-state index in [2.05, 4.69) is 38.3 Å². The lowest BCUT2D eigenvalue weighted by Crippen LogP contribution is -2.50. The van der Waals surface area contributed by atoms with Gasteiger partial charge in [0.05, 0.1) is 6.04 Å². The van der Waals surface area contributed by atoms with E-state index in [1.54, 1.807) is 0 Å². The molecule has 1 fully saturated rings. The maximum atomic E-state index is 12.0. The minimum Gasteiger partial charge on any atom is -0.352 e. The smallest absolute Gasteiger partial charge is 0.237 e. The van der Waals surface area contributed by atoms with Crippen molar-refractivity contribution < 1.29 is 4.79 Å². The van der Waals surface area contributed by atoms with Crippen molar-refractivity contribution in [2.45, 2.75) is 65.5 Å². The van der Waals surface area contributed by atoms with Crippen LogP contribution in [0.4, 0.5) is 0 Å². The Morgan fingerprint density at radius 3 is 2.65 bits per heavy atom. The van der Waals surface area contributed by atoms with Gasteiger partial charge in [-0.25, -0.2) is 0 Å². The molecule has 3 unspecified atom stereocenters. The predicted octanol–water partition coefficient (Wildman–Crippen LogP) is 2.32. The van der Waals surface area contributed by atoms with Crippen molar-refractivity contribution in [2.24, 2.45) is 11.8 Å². The zero-order valence-corrected chi connectivity index (χ0v) is 11.8. The summed E-state index contributed by atoms with van der Waals surface area (Å²) in [5.74, 6) is 1.56. The molecule has 1 rings (SSSR count). The van der Waals surface area contributed by atoms with Crippen LogP contribution < -0.4 is 10.6 Å². The van der Waals surface area contributed by atoms with Gasteiger partial charge in [0.15, 0.2) is 0 Å². The van der Waals surface area contributed by atoms with E-state index in [9.17, 15) is 4.79 Å². The van der Waals surface area contributed by atoms with Crippen molar-refractivity contribution >= 4 is 5.91 Å². The quantitative estimate of drug-likeness (QED) is 0.774. The van der Waals surface area contributed by atoms with Crippen LogP contribution in [0.3, 0.4) is 0 Å². The van der Waals surface area contributed by atoms with Crippen LogP contribution in [0, 0.1) is 11.8 Å². The number of carbonyl (C=O) groups excluding carboxylic acids is 1. The van der Waals surface area contributed by atoms with Crippen LogP contribution in [-0.2, 0) is 4.79 Å². The summed E-state index contributed by atoms with van der Waals surface area (Å²) in [4.78, 5) is 12.0. The summed E-state index contributed by atoms with van der Waals surface area (Å²) in [7, 11) is 0. The number of rotatable bonds is 5. The molecular formula is C14H28N2O. The van der Waals surface area contributed by atoms with Crippen molar-refractivity contribution in [2.75, 3.05) is 6.54 Å². The Kier molecular flexibility index (Phi) is 5.96. The second-order valence-electron chi connectivity index (χ2n) is 6.02. The van der Waals surface area contributed by atoms with Crippen LogP contribution in [0.25, 0.3) is 0 Å². The van der Waals surface area contributed by atoms with Gasteiger partial charge < -0.3 is 10.6 Å². The molecule has 0 radical (unpaired) electrons. The van der Waals surface area contributed by atoms with Crippen LogP contribution in [0.1, 0.15) is 53.4 Å². The lowest BCUT2D eigenvalue weighted by Gasteiger charge is -2.28. The van der Waals surface area contributed by atoms with Crippen LogP contribution in [0.15, 0.2) is 0 Å². The van der Waals surface area contributed by atoms with E-state index >= 15 is 0 Å². The molecule has 0 aromatic rings. The molecular weight excluding hydrogens is 212 g/mol. The van der Waals surface area contributed by atoms with Crippen molar-refractivity contribution in [1.29, 1.82) is 0 Å². The van der Waals surface area contributed by atoms with Crippen LogP contribution >= 0.6 is 0 Å². The summed E-state index contributed by atoms with van der Waals surface area (Å²) in [6, 6.07) is 0.323. The molecule has 1 aliphatic heterocycles. The first-order valence-electron chi connectivity index (χ1n) is 7.02. The van der Waals surface area contributed by atoms with Gasteiger partial charge in [0.25, 0.3) is 0 Å². The lowest BCUT2D eigenvalue weighted by molar-refractivity contribution is -0.124. The van der Waals surface area contributed by atoms with Gasteiger partial charge in [-0.1, -0.05) is 20.8 Å². The highest BCUT2D eigenvalue weighted by Crippen LogP contribution is 2.15. The molecule has 0 bridgehead atoms. The first-order valence-corrected chi connectivity index (χ1v) is 7.02. The minimum atomic E-state index is 0.0280. The first kappa shape index (κ1) is 14.5. The van der Waals surface area contributed by atoms with Crippen LogP contribution in [-0.4, -0.2) is 24.5 Å². The molecule has 0 aliphatic carbocycles. The minimum absolute atomic E-state index is 0.0280. The fraction of sp³-hybridized carbons (Fsp3) is 0.929. The Hall–Kier alpha value is -0.570. The monoisotopic (exact) mass is 240 g/mol. The Labute approximate surface area is 106 Å². The largest absolute Gasteiger partial charge is 0.352 e. The zero-order valence-electron chi connectivity index (χ0n) is 11.8. The molecule has 0 saturated carbocycles. The molecule has 0 spiro atoms. The molecule has 3 heteroatoms.